The van der Waals surface area contributed by atoms with Gasteiger partial charge in [0.2, 0.25) is 0 Å². The van der Waals surface area contributed by atoms with Crippen LogP contribution < -0.4 is 0 Å². The first kappa shape index (κ1) is 61.5. The van der Waals surface area contributed by atoms with Crippen molar-refractivity contribution in [2.75, 3.05) is 26.4 Å². The average molecular weight is 915 g/mol. The van der Waals surface area contributed by atoms with Crippen molar-refractivity contribution in [1.29, 1.82) is 0 Å². The van der Waals surface area contributed by atoms with Gasteiger partial charge < -0.3 is 24.6 Å². The third kappa shape index (κ3) is 48.2. The minimum Gasteiger partial charge on any atom is -0.462 e. The number of phosphoric ester groups is 1. The number of esters is 2. The molecule has 0 fully saturated rings. The summed E-state index contributed by atoms with van der Waals surface area (Å²) in [5, 5.41) is 18.4. The van der Waals surface area contributed by atoms with Gasteiger partial charge in [-0.05, 0) is 44.9 Å². The SMILES string of the molecule is CCCCCCCCCCCCCCCC/C=C/CC/C=C/CCCC(=O)O[C@H](COC(=O)CCCCCCCCCCCCCCCCCCC)COP(=O)(O)OC[C@@H](O)CO. The van der Waals surface area contributed by atoms with Gasteiger partial charge in [0.25, 0.3) is 0 Å². The monoisotopic (exact) mass is 915 g/mol. The third-order valence-electron chi connectivity index (χ3n) is 11.6. The summed E-state index contributed by atoms with van der Waals surface area (Å²) in [5.41, 5.74) is 0. The molecule has 0 rings (SSSR count). The Bertz CT molecular complexity index is 1100. The minimum atomic E-state index is -4.63. The lowest BCUT2D eigenvalue weighted by Crippen LogP contribution is -2.29. The Balaban J connectivity index is 4.19. The van der Waals surface area contributed by atoms with Crippen molar-refractivity contribution in [3.8, 4) is 0 Å². The summed E-state index contributed by atoms with van der Waals surface area (Å²) >= 11 is 0. The predicted octanol–water partition coefficient (Wildman–Crippen LogP) is 14.9. The summed E-state index contributed by atoms with van der Waals surface area (Å²) in [5.74, 6) is -0.960. The molecule has 372 valence electrons. The summed E-state index contributed by atoms with van der Waals surface area (Å²) in [4.78, 5) is 35.1. The molecule has 1 unspecified atom stereocenters. The molecule has 0 aromatic rings. The van der Waals surface area contributed by atoms with Crippen LogP contribution in [0, 0.1) is 0 Å². The highest BCUT2D eigenvalue weighted by molar-refractivity contribution is 7.47. The lowest BCUT2D eigenvalue weighted by molar-refractivity contribution is -0.161. The molecule has 10 nitrogen and oxygen atoms in total. The van der Waals surface area contributed by atoms with E-state index in [1.807, 2.05) is 0 Å². The van der Waals surface area contributed by atoms with Crippen LogP contribution in [-0.4, -0.2) is 65.7 Å². The summed E-state index contributed by atoms with van der Waals surface area (Å²) in [6, 6.07) is 0. The van der Waals surface area contributed by atoms with E-state index in [4.69, 9.17) is 23.6 Å². The van der Waals surface area contributed by atoms with Crippen molar-refractivity contribution in [3.05, 3.63) is 24.3 Å². The zero-order chi connectivity index (χ0) is 46.2. The highest BCUT2D eigenvalue weighted by Crippen LogP contribution is 2.43. The molecule has 0 aliphatic rings. The molecular weight excluding hydrogens is 816 g/mol. The zero-order valence-electron chi connectivity index (χ0n) is 40.8. The van der Waals surface area contributed by atoms with E-state index >= 15 is 0 Å². The van der Waals surface area contributed by atoms with Gasteiger partial charge >= 0.3 is 19.8 Å². The molecule has 0 aromatic carbocycles. The molecule has 0 radical (unpaired) electrons. The molecule has 63 heavy (non-hydrogen) atoms. The molecular formula is C52H99O10P. The van der Waals surface area contributed by atoms with E-state index in [1.54, 1.807) is 0 Å². The fraction of sp³-hybridized carbons (Fsp3) is 0.885. The van der Waals surface area contributed by atoms with Crippen molar-refractivity contribution in [2.45, 2.75) is 270 Å². The topological polar surface area (TPSA) is 149 Å². The normalized spacial score (nSPS) is 13.8. The number of carbonyl (C=O) groups is 2. The van der Waals surface area contributed by atoms with Crippen LogP contribution in [-0.2, 0) is 32.7 Å². The van der Waals surface area contributed by atoms with Crippen LogP contribution in [0.15, 0.2) is 24.3 Å². The summed E-state index contributed by atoms with van der Waals surface area (Å²) < 4.78 is 32.8. The Labute approximate surface area is 387 Å². The fourth-order valence-electron chi connectivity index (χ4n) is 7.55. The Morgan fingerprint density at radius 3 is 1.24 bits per heavy atom. The number of allylic oxidation sites excluding steroid dienone is 4. The number of ether oxygens (including phenoxy) is 2. The minimum absolute atomic E-state index is 0.128. The van der Waals surface area contributed by atoms with E-state index in [2.05, 4.69) is 38.2 Å². The number of phosphoric acid groups is 1. The zero-order valence-corrected chi connectivity index (χ0v) is 41.7. The number of unbranched alkanes of at least 4 members (excludes halogenated alkanes) is 32. The van der Waals surface area contributed by atoms with Gasteiger partial charge in [0.05, 0.1) is 19.8 Å². The Morgan fingerprint density at radius 1 is 0.460 bits per heavy atom. The second-order valence-electron chi connectivity index (χ2n) is 17.9. The average Bonchev–Trinajstić information content (AvgIpc) is 3.27. The highest BCUT2D eigenvalue weighted by atomic mass is 31.2. The second kappa shape index (κ2) is 48.4. The third-order valence-corrected chi connectivity index (χ3v) is 12.5. The Kier molecular flexibility index (Phi) is 47.2. The molecule has 0 saturated carbocycles. The molecule has 3 atom stereocenters. The van der Waals surface area contributed by atoms with Crippen LogP contribution in [0.5, 0.6) is 0 Å². The van der Waals surface area contributed by atoms with Gasteiger partial charge in [-0.25, -0.2) is 4.57 Å². The van der Waals surface area contributed by atoms with Crippen LogP contribution in [0.3, 0.4) is 0 Å². The molecule has 0 aliphatic heterocycles. The lowest BCUT2D eigenvalue weighted by Gasteiger charge is -2.20. The van der Waals surface area contributed by atoms with Gasteiger partial charge in [0.1, 0.15) is 12.7 Å². The predicted molar refractivity (Wildman–Crippen MR) is 261 cm³/mol. The first-order valence-electron chi connectivity index (χ1n) is 26.3. The summed E-state index contributed by atoms with van der Waals surface area (Å²) in [7, 11) is -4.63. The summed E-state index contributed by atoms with van der Waals surface area (Å²) in [6.45, 7) is 2.40. The molecule has 0 aliphatic carbocycles. The number of hydrogen-bond acceptors (Lipinski definition) is 9. The van der Waals surface area contributed by atoms with E-state index in [-0.39, 0.29) is 19.4 Å². The molecule has 3 N–H and O–H groups in total. The van der Waals surface area contributed by atoms with Gasteiger partial charge in [0, 0.05) is 12.8 Å². The first-order valence-corrected chi connectivity index (χ1v) is 27.8. The number of hydrogen-bond donors (Lipinski definition) is 3. The molecule has 0 heterocycles. The van der Waals surface area contributed by atoms with E-state index in [9.17, 15) is 24.2 Å². The number of aliphatic hydroxyl groups excluding tert-OH is 2. The Hall–Kier alpha value is -1.55. The quantitative estimate of drug-likeness (QED) is 0.0233. The fourth-order valence-corrected chi connectivity index (χ4v) is 8.34. The van der Waals surface area contributed by atoms with Gasteiger partial charge in [-0.3, -0.25) is 18.6 Å². The van der Waals surface area contributed by atoms with Crippen LogP contribution >= 0.6 is 7.82 Å². The van der Waals surface area contributed by atoms with Gasteiger partial charge in [-0.15, -0.1) is 0 Å². The van der Waals surface area contributed by atoms with E-state index in [0.29, 0.717) is 19.3 Å². The second-order valence-corrected chi connectivity index (χ2v) is 19.3. The largest absolute Gasteiger partial charge is 0.472 e. The molecule has 0 amide bonds. The van der Waals surface area contributed by atoms with Crippen LogP contribution in [0.4, 0.5) is 0 Å². The van der Waals surface area contributed by atoms with Crippen LogP contribution in [0.25, 0.3) is 0 Å². The standard InChI is InChI=1S/C52H99O10P/c1-3-5-7-9-11-13-15-17-19-21-22-23-24-25-26-28-30-32-34-36-38-40-42-44-52(56)62-50(48-61-63(57,58)60-46-49(54)45-53)47-59-51(55)43-41-39-37-35-33-31-29-27-20-18-16-14-12-10-8-6-4-2/h28,30,36,38,49-50,53-54H,3-27,29,31-35,37,39-48H2,1-2H3,(H,57,58)/b30-28+,38-36+/t49-,50+/m0/s1. The Morgan fingerprint density at radius 2 is 0.810 bits per heavy atom. The van der Waals surface area contributed by atoms with Gasteiger partial charge in [-0.1, -0.05) is 224 Å². The van der Waals surface area contributed by atoms with Gasteiger partial charge in [-0.2, -0.15) is 0 Å². The van der Waals surface area contributed by atoms with Crippen molar-refractivity contribution in [2.24, 2.45) is 0 Å². The first-order chi connectivity index (χ1) is 30.7. The molecule has 0 spiro atoms. The summed E-state index contributed by atoms with van der Waals surface area (Å²) in [6.07, 6.45) is 51.6. The lowest BCUT2D eigenvalue weighted by atomic mass is 10.0. The van der Waals surface area contributed by atoms with Gasteiger partial charge in [0.15, 0.2) is 6.10 Å². The number of rotatable bonds is 50. The molecule has 0 bridgehead atoms. The number of carbonyl (C=O) groups excluding carboxylic acids is 2. The van der Waals surface area contributed by atoms with Crippen LogP contribution in [0.2, 0.25) is 0 Å². The van der Waals surface area contributed by atoms with E-state index in [1.165, 1.54) is 173 Å². The highest BCUT2D eigenvalue weighted by Gasteiger charge is 2.27. The smallest absolute Gasteiger partial charge is 0.462 e. The van der Waals surface area contributed by atoms with Crippen molar-refractivity contribution in [1.82, 2.24) is 0 Å². The molecule has 11 heteroatoms. The molecule has 0 saturated heterocycles. The van der Waals surface area contributed by atoms with Crippen molar-refractivity contribution in [3.63, 3.8) is 0 Å². The van der Waals surface area contributed by atoms with E-state index in [0.717, 1.165) is 38.5 Å². The molecule has 0 aromatic heterocycles. The van der Waals surface area contributed by atoms with Crippen molar-refractivity contribution < 1.29 is 47.8 Å². The number of aliphatic hydroxyl groups is 2. The maximum absolute atomic E-state index is 12.7. The maximum atomic E-state index is 12.7. The van der Waals surface area contributed by atoms with E-state index < -0.39 is 51.8 Å². The van der Waals surface area contributed by atoms with Crippen LogP contribution in [0.1, 0.15) is 258 Å². The maximum Gasteiger partial charge on any atom is 0.472 e. The van der Waals surface area contributed by atoms with Crippen molar-refractivity contribution >= 4 is 19.8 Å².